The normalized spacial score (nSPS) is 18.3. The molecule has 0 spiro atoms. The minimum Gasteiger partial charge on any atom is -0.495 e. The Balaban J connectivity index is 1.56. The highest BCUT2D eigenvalue weighted by atomic mass is 32.2. The van der Waals surface area contributed by atoms with Gasteiger partial charge in [-0.1, -0.05) is 25.1 Å². The Labute approximate surface area is 175 Å². The fourth-order valence-electron chi connectivity index (χ4n) is 4.13. The van der Waals surface area contributed by atoms with Gasteiger partial charge in [-0.3, -0.25) is 9.69 Å². The average molecular weight is 431 g/mol. The molecular formula is C22H26N2O5S. The van der Waals surface area contributed by atoms with E-state index in [4.69, 9.17) is 9.15 Å². The second-order valence-corrected chi connectivity index (χ2v) is 9.95. The second-order valence-electron chi connectivity index (χ2n) is 7.72. The van der Waals surface area contributed by atoms with Crippen molar-refractivity contribution in [3.05, 3.63) is 36.4 Å². The number of hydrogen-bond acceptors (Lipinski definition) is 6. The average Bonchev–Trinajstić information content (AvgIpc) is 3.26. The zero-order chi connectivity index (χ0) is 21.3. The number of furan rings is 1. The van der Waals surface area contributed by atoms with Crippen LogP contribution in [0.1, 0.15) is 19.8 Å². The van der Waals surface area contributed by atoms with Crippen LogP contribution in [-0.2, 0) is 14.6 Å². The first kappa shape index (κ1) is 20.7. The van der Waals surface area contributed by atoms with Crippen LogP contribution in [0.2, 0.25) is 0 Å². The Hall–Kier alpha value is -2.58. The van der Waals surface area contributed by atoms with Gasteiger partial charge >= 0.3 is 0 Å². The predicted molar refractivity (Wildman–Crippen MR) is 118 cm³/mol. The van der Waals surface area contributed by atoms with Crippen LogP contribution in [0.15, 0.2) is 40.8 Å². The number of nitrogens with zero attached hydrogens (tertiary/aromatic N) is 1. The van der Waals surface area contributed by atoms with Gasteiger partial charge in [0.25, 0.3) is 0 Å². The fourth-order valence-corrected chi connectivity index (χ4v) is 5.90. The number of fused-ring (bicyclic) bond motifs is 3. The maximum Gasteiger partial charge on any atom is 0.238 e. The van der Waals surface area contributed by atoms with Crippen LogP contribution in [0, 0.1) is 0 Å². The van der Waals surface area contributed by atoms with Crippen LogP contribution in [0.5, 0.6) is 5.75 Å². The van der Waals surface area contributed by atoms with Crippen molar-refractivity contribution in [3.63, 3.8) is 0 Å². The molecule has 4 rings (SSSR count). The van der Waals surface area contributed by atoms with Crippen LogP contribution in [-0.4, -0.2) is 57.0 Å². The number of benzene rings is 2. The standard InChI is InChI=1S/C22H26N2O5S/c1-3-9-24(15-8-10-30(26,27)14-15)13-22(25)23-18-12-20-17(11-21(18)28-2)16-6-4-5-7-19(16)29-20/h4-7,11-12,15H,3,8-10,13-14H2,1-2H3,(H,23,25). The molecule has 1 unspecified atom stereocenters. The van der Waals surface area contributed by atoms with E-state index in [-0.39, 0.29) is 30.0 Å². The molecule has 1 aromatic heterocycles. The topological polar surface area (TPSA) is 88.8 Å². The molecule has 1 amide bonds. The third-order valence-corrected chi connectivity index (χ3v) is 7.31. The SMILES string of the molecule is CCCN(CC(=O)Nc1cc2oc3ccccc3c2cc1OC)C1CCS(=O)(=O)C1. The summed E-state index contributed by atoms with van der Waals surface area (Å²) >= 11 is 0. The molecule has 1 fully saturated rings. The number of rotatable bonds is 7. The molecule has 8 heteroatoms. The van der Waals surface area contributed by atoms with Crippen LogP contribution in [0.25, 0.3) is 21.9 Å². The number of para-hydroxylation sites is 1. The molecule has 1 N–H and O–H groups in total. The number of nitrogens with one attached hydrogen (secondary N) is 1. The molecule has 1 aliphatic rings. The van der Waals surface area contributed by atoms with E-state index in [1.54, 1.807) is 13.2 Å². The highest BCUT2D eigenvalue weighted by Gasteiger charge is 2.32. The number of hydrogen-bond donors (Lipinski definition) is 1. The Morgan fingerprint density at radius 1 is 1.23 bits per heavy atom. The molecule has 2 heterocycles. The molecule has 3 aromatic rings. The zero-order valence-electron chi connectivity index (χ0n) is 17.2. The molecule has 0 aliphatic carbocycles. The van der Waals surface area contributed by atoms with Gasteiger partial charge in [0, 0.05) is 22.9 Å². The summed E-state index contributed by atoms with van der Waals surface area (Å²) < 4.78 is 35.1. The largest absolute Gasteiger partial charge is 0.495 e. The van der Waals surface area contributed by atoms with Crippen molar-refractivity contribution in [2.24, 2.45) is 0 Å². The number of amides is 1. The number of carbonyl (C=O) groups is 1. The maximum absolute atomic E-state index is 12.8. The monoisotopic (exact) mass is 430 g/mol. The second kappa shape index (κ2) is 8.28. The minimum atomic E-state index is -3.01. The van der Waals surface area contributed by atoms with E-state index >= 15 is 0 Å². The fraction of sp³-hybridized carbons (Fsp3) is 0.409. The summed E-state index contributed by atoms with van der Waals surface area (Å²) in [5, 5.41) is 4.82. The van der Waals surface area contributed by atoms with Gasteiger partial charge in [0.05, 0.1) is 30.8 Å². The van der Waals surface area contributed by atoms with E-state index in [9.17, 15) is 13.2 Å². The summed E-state index contributed by atoms with van der Waals surface area (Å²) in [6.07, 6.45) is 1.42. The summed E-state index contributed by atoms with van der Waals surface area (Å²) in [7, 11) is -1.45. The van der Waals surface area contributed by atoms with Gasteiger partial charge in [-0.25, -0.2) is 8.42 Å². The van der Waals surface area contributed by atoms with E-state index < -0.39 is 9.84 Å². The molecule has 0 saturated carbocycles. The van der Waals surface area contributed by atoms with Crippen molar-refractivity contribution < 1.29 is 22.4 Å². The lowest BCUT2D eigenvalue weighted by molar-refractivity contribution is -0.117. The van der Waals surface area contributed by atoms with Crippen molar-refractivity contribution in [1.29, 1.82) is 0 Å². The lowest BCUT2D eigenvalue weighted by atomic mass is 10.1. The number of carbonyl (C=O) groups excluding carboxylic acids is 1. The van der Waals surface area contributed by atoms with Crippen molar-refractivity contribution in [1.82, 2.24) is 4.90 Å². The van der Waals surface area contributed by atoms with Gasteiger partial charge in [0.15, 0.2) is 9.84 Å². The molecule has 160 valence electrons. The lowest BCUT2D eigenvalue weighted by Gasteiger charge is -2.27. The summed E-state index contributed by atoms with van der Waals surface area (Å²) in [5.74, 6) is 0.652. The van der Waals surface area contributed by atoms with Crippen LogP contribution < -0.4 is 10.1 Å². The Kier molecular flexibility index (Phi) is 5.71. The summed E-state index contributed by atoms with van der Waals surface area (Å²) in [4.78, 5) is 14.8. The smallest absolute Gasteiger partial charge is 0.238 e. The Morgan fingerprint density at radius 3 is 2.73 bits per heavy atom. The first-order chi connectivity index (χ1) is 14.4. The van der Waals surface area contributed by atoms with Crippen LogP contribution in [0.4, 0.5) is 5.69 Å². The first-order valence-electron chi connectivity index (χ1n) is 10.1. The highest BCUT2D eigenvalue weighted by Crippen LogP contribution is 2.36. The first-order valence-corrected chi connectivity index (χ1v) is 12.0. The maximum atomic E-state index is 12.8. The molecule has 30 heavy (non-hydrogen) atoms. The molecular weight excluding hydrogens is 404 g/mol. The number of anilines is 1. The van der Waals surface area contributed by atoms with E-state index in [0.29, 0.717) is 30.0 Å². The summed E-state index contributed by atoms with van der Waals surface area (Å²) in [6.45, 7) is 2.83. The minimum absolute atomic E-state index is 0.111. The molecule has 1 saturated heterocycles. The zero-order valence-corrected chi connectivity index (χ0v) is 18.0. The summed E-state index contributed by atoms with van der Waals surface area (Å²) in [6, 6.07) is 11.3. The predicted octanol–water partition coefficient (Wildman–Crippen LogP) is 3.43. The van der Waals surface area contributed by atoms with Gasteiger partial charge in [0.2, 0.25) is 5.91 Å². The molecule has 1 atom stereocenters. The van der Waals surface area contributed by atoms with Gasteiger partial charge in [-0.05, 0) is 31.5 Å². The lowest BCUT2D eigenvalue weighted by Crippen LogP contribution is -2.42. The molecule has 1 aliphatic heterocycles. The highest BCUT2D eigenvalue weighted by molar-refractivity contribution is 7.91. The Morgan fingerprint density at radius 2 is 2.03 bits per heavy atom. The van der Waals surface area contributed by atoms with E-state index in [0.717, 1.165) is 22.8 Å². The van der Waals surface area contributed by atoms with Gasteiger partial charge in [0.1, 0.15) is 16.9 Å². The van der Waals surface area contributed by atoms with Gasteiger partial charge in [-0.15, -0.1) is 0 Å². The molecule has 2 aromatic carbocycles. The van der Waals surface area contributed by atoms with Crippen LogP contribution in [0.3, 0.4) is 0 Å². The third-order valence-electron chi connectivity index (χ3n) is 5.56. The summed E-state index contributed by atoms with van der Waals surface area (Å²) in [5.41, 5.74) is 1.97. The van der Waals surface area contributed by atoms with Crippen molar-refractivity contribution in [2.75, 3.05) is 37.0 Å². The van der Waals surface area contributed by atoms with Crippen molar-refractivity contribution in [2.45, 2.75) is 25.8 Å². The van der Waals surface area contributed by atoms with E-state index in [1.165, 1.54) is 0 Å². The third kappa shape index (κ3) is 4.15. The molecule has 7 nitrogen and oxygen atoms in total. The van der Waals surface area contributed by atoms with Crippen molar-refractivity contribution >= 4 is 43.4 Å². The molecule has 0 radical (unpaired) electrons. The van der Waals surface area contributed by atoms with Crippen molar-refractivity contribution in [3.8, 4) is 5.75 Å². The number of sulfone groups is 1. The van der Waals surface area contributed by atoms with E-state index in [2.05, 4.69) is 5.32 Å². The Bertz CT molecular complexity index is 1180. The molecule has 0 bridgehead atoms. The van der Waals surface area contributed by atoms with E-state index in [1.807, 2.05) is 42.2 Å². The number of methoxy groups -OCH3 is 1. The quantitative estimate of drug-likeness (QED) is 0.618. The van der Waals surface area contributed by atoms with Gasteiger partial charge < -0.3 is 14.5 Å². The number of ether oxygens (including phenoxy) is 1. The van der Waals surface area contributed by atoms with Gasteiger partial charge in [-0.2, -0.15) is 0 Å². The van der Waals surface area contributed by atoms with Crippen LogP contribution >= 0.6 is 0 Å².